The van der Waals surface area contributed by atoms with Crippen LogP contribution in [-0.4, -0.2) is 48.9 Å². The predicted molar refractivity (Wildman–Crippen MR) is 95.3 cm³/mol. The topological polar surface area (TPSA) is 59.4 Å². The van der Waals surface area contributed by atoms with Gasteiger partial charge in [0.15, 0.2) is 0 Å². The fraction of sp³-hybridized carbons (Fsp3) is 0.444. The molecule has 0 bridgehead atoms. The summed E-state index contributed by atoms with van der Waals surface area (Å²) in [6, 6.07) is 9.62. The Morgan fingerprint density at radius 3 is 2.62 bits per heavy atom. The molecule has 0 aliphatic carbocycles. The lowest BCUT2D eigenvalue weighted by Gasteiger charge is -2.34. The maximum absolute atomic E-state index is 12.2. The molecule has 1 amide bonds. The number of piperidine rings is 1. The van der Waals surface area contributed by atoms with Crippen LogP contribution in [-0.2, 0) is 11.3 Å². The van der Waals surface area contributed by atoms with Crippen molar-refractivity contribution in [3.8, 4) is 6.07 Å². The highest BCUT2D eigenvalue weighted by Gasteiger charge is 2.20. The third kappa shape index (κ3) is 5.26. The summed E-state index contributed by atoms with van der Waals surface area (Å²) in [5.74, 6) is -0.354. The number of nitrogens with zero attached hydrogens (tertiary/aromatic N) is 3. The number of carbonyl (C=O) groups excluding carboxylic acids is 1. The molecule has 1 N–H and O–H groups in total. The third-order valence-electron chi connectivity index (χ3n) is 4.33. The maximum atomic E-state index is 12.2. The number of hydrogen-bond donors (Lipinski definition) is 1. The van der Waals surface area contributed by atoms with E-state index in [4.69, 9.17) is 11.6 Å². The van der Waals surface area contributed by atoms with Crippen molar-refractivity contribution in [3.05, 3.63) is 46.6 Å². The molecular weight excluding hydrogens is 324 g/mol. The summed E-state index contributed by atoms with van der Waals surface area (Å²) < 4.78 is 0. The van der Waals surface area contributed by atoms with Crippen LogP contribution >= 0.6 is 11.6 Å². The molecule has 0 saturated carbocycles. The smallest absolute Gasteiger partial charge is 0.263 e. The lowest BCUT2D eigenvalue weighted by Crippen LogP contribution is -2.40. The van der Waals surface area contributed by atoms with Gasteiger partial charge in [-0.1, -0.05) is 23.7 Å². The fourth-order valence-corrected chi connectivity index (χ4v) is 2.86. The highest BCUT2D eigenvalue weighted by Crippen LogP contribution is 2.15. The van der Waals surface area contributed by atoms with Crippen molar-refractivity contribution in [1.82, 2.24) is 15.1 Å². The SMILES string of the molecule is CN1CCC(N(C)/C=C(/C#N)C(=O)NCc2ccc(Cl)cc2)CC1. The lowest BCUT2D eigenvalue weighted by molar-refractivity contribution is -0.117. The van der Waals surface area contributed by atoms with Gasteiger partial charge in [0.1, 0.15) is 11.6 Å². The summed E-state index contributed by atoms with van der Waals surface area (Å²) in [6.07, 6.45) is 3.73. The minimum atomic E-state index is -0.354. The van der Waals surface area contributed by atoms with Crippen LogP contribution in [0.5, 0.6) is 0 Å². The summed E-state index contributed by atoms with van der Waals surface area (Å²) in [5, 5.41) is 12.7. The number of nitriles is 1. The van der Waals surface area contributed by atoms with E-state index in [-0.39, 0.29) is 11.5 Å². The number of carbonyl (C=O) groups is 1. The van der Waals surface area contributed by atoms with E-state index in [1.807, 2.05) is 30.1 Å². The van der Waals surface area contributed by atoms with Crippen molar-refractivity contribution in [3.63, 3.8) is 0 Å². The Bertz CT molecular complexity index is 627. The fourth-order valence-electron chi connectivity index (χ4n) is 2.73. The molecule has 0 spiro atoms. The first kappa shape index (κ1) is 18.3. The summed E-state index contributed by atoms with van der Waals surface area (Å²) in [6.45, 7) is 2.44. The van der Waals surface area contributed by atoms with Crippen LogP contribution in [0.4, 0.5) is 0 Å². The number of benzene rings is 1. The number of hydrogen-bond acceptors (Lipinski definition) is 4. The Labute approximate surface area is 148 Å². The van der Waals surface area contributed by atoms with Gasteiger partial charge < -0.3 is 15.1 Å². The highest BCUT2D eigenvalue weighted by molar-refractivity contribution is 6.30. The van der Waals surface area contributed by atoms with Crippen molar-refractivity contribution in [2.75, 3.05) is 27.2 Å². The molecule has 0 aromatic heterocycles. The van der Waals surface area contributed by atoms with Gasteiger partial charge in [-0.15, -0.1) is 0 Å². The molecular formula is C18H23ClN4O. The van der Waals surface area contributed by atoms with Gasteiger partial charge in [-0.2, -0.15) is 5.26 Å². The van der Waals surface area contributed by atoms with E-state index in [0.717, 1.165) is 31.5 Å². The Morgan fingerprint density at radius 2 is 2.04 bits per heavy atom. The molecule has 1 heterocycles. The van der Waals surface area contributed by atoms with E-state index in [0.29, 0.717) is 17.6 Å². The van der Waals surface area contributed by atoms with Crippen LogP contribution in [0.2, 0.25) is 5.02 Å². The maximum Gasteiger partial charge on any atom is 0.263 e. The van der Waals surface area contributed by atoms with Gasteiger partial charge in [0.05, 0.1) is 0 Å². The van der Waals surface area contributed by atoms with Crippen LogP contribution in [0.3, 0.4) is 0 Å². The Hall–Kier alpha value is -2.03. The lowest BCUT2D eigenvalue weighted by atomic mass is 10.0. The zero-order chi connectivity index (χ0) is 17.5. The average Bonchev–Trinajstić information content (AvgIpc) is 2.59. The van der Waals surface area contributed by atoms with Crippen LogP contribution in [0.15, 0.2) is 36.0 Å². The molecule has 0 radical (unpaired) electrons. The molecule has 1 aromatic rings. The Kier molecular flexibility index (Phi) is 6.65. The summed E-state index contributed by atoms with van der Waals surface area (Å²) in [4.78, 5) is 16.5. The molecule has 1 aliphatic rings. The van der Waals surface area contributed by atoms with E-state index in [2.05, 4.69) is 17.3 Å². The molecule has 1 saturated heterocycles. The van der Waals surface area contributed by atoms with Crippen LogP contribution < -0.4 is 5.32 Å². The third-order valence-corrected chi connectivity index (χ3v) is 4.58. The molecule has 2 rings (SSSR count). The molecule has 128 valence electrons. The zero-order valence-corrected chi connectivity index (χ0v) is 14.9. The second-order valence-corrected chi connectivity index (χ2v) is 6.60. The summed E-state index contributed by atoms with van der Waals surface area (Å²) >= 11 is 5.84. The van der Waals surface area contributed by atoms with Gasteiger partial charge in [0.2, 0.25) is 0 Å². The van der Waals surface area contributed by atoms with Crippen LogP contribution in [0.1, 0.15) is 18.4 Å². The van der Waals surface area contributed by atoms with E-state index >= 15 is 0 Å². The average molecular weight is 347 g/mol. The van der Waals surface area contributed by atoms with E-state index in [1.165, 1.54) is 0 Å². The quantitative estimate of drug-likeness (QED) is 0.657. The first-order valence-corrected chi connectivity index (χ1v) is 8.42. The normalized spacial score (nSPS) is 16.5. The summed E-state index contributed by atoms with van der Waals surface area (Å²) in [5.41, 5.74) is 1.07. The van der Waals surface area contributed by atoms with E-state index in [1.54, 1.807) is 18.3 Å². The number of amides is 1. The Balaban J connectivity index is 1.92. The predicted octanol–water partition coefficient (Wildman–Crippen LogP) is 2.39. The number of rotatable bonds is 5. The van der Waals surface area contributed by atoms with Gasteiger partial charge in [0.25, 0.3) is 5.91 Å². The zero-order valence-electron chi connectivity index (χ0n) is 14.1. The first-order valence-electron chi connectivity index (χ1n) is 8.04. The number of likely N-dealkylation sites (tertiary alicyclic amines) is 1. The van der Waals surface area contributed by atoms with Crippen molar-refractivity contribution in [1.29, 1.82) is 5.26 Å². The van der Waals surface area contributed by atoms with E-state index in [9.17, 15) is 10.1 Å². The minimum absolute atomic E-state index is 0.130. The second kappa shape index (κ2) is 8.72. The first-order chi connectivity index (χ1) is 11.5. The molecule has 5 nitrogen and oxygen atoms in total. The second-order valence-electron chi connectivity index (χ2n) is 6.16. The van der Waals surface area contributed by atoms with Gasteiger partial charge in [-0.25, -0.2) is 0 Å². The van der Waals surface area contributed by atoms with Gasteiger partial charge >= 0.3 is 0 Å². The van der Waals surface area contributed by atoms with Crippen molar-refractivity contribution in [2.45, 2.75) is 25.4 Å². The van der Waals surface area contributed by atoms with Crippen molar-refractivity contribution < 1.29 is 4.79 Å². The van der Waals surface area contributed by atoms with Crippen LogP contribution in [0.25, 0.3) is 0 Å². The molecule has 0 unspecified atom stereocenters. The van der Waals surface area contributed by atoms with Crippen molar-refractivity contribution >= 4 is 17.5 Å². The van der Waals surface area contributed by atoms with E-state index < -0.39 is 0 Å². The molecule has 0 atom stereocenters. The Morgan fingerprint density at radius 1 is 1.42 bits per heavy atom. The standard InChI is InChI=1S/C18H23ClN4O/c1-22-9-7-17(8-10-22)23(2)13-15(11-20)18(24)21-12-14-3-5-16(19)6-4-14/h3-6,13,17H,7-10,12H2,1-2H3,(H,21,24)/b15-13-. The monoisotopic (exact) mass is 346 g/mol. The molecule has 1 fully saturated rings. The van der Waals surface area contributed by atoms with Crippen molar-refractivity contribution in [2.24, 2.45) is 0 Å². The van der Waals surface area contributed by atoms with Gasteiger partial charge in [-0.3, -0.25) is 4.79 Å². The number of nitrogens with one attached hydrogen (secondary N) is 1. The highest BCUT2D eigenvalue weighted by atomic mass is 35.5. The largest absolute Gasteiger partial charge is 0.376 e. The molecule has 1 aliphatic heterocycles. The molecule has 24 heavy (non-hydrogen) atoms. The number of halogens is 1. The van der Waals surface area contributed by atoms with Gasteiger partial charge in [0, 0.05) is 30.9 Å². The molecule has 1 aromatic carbocycles. The van der Waals surface area contributed by atoms with Crippen LogP contribution in [0, 0.1) is 11.3 Å². The minimum Gasteiger partial charge on any atom is -0.376 e. The summed E-state index contributed by atoms with van der Waals surface area (Å²) in [7, 11) is 4.04. The molecule has 6 heteroatoms. The van der Waals surface area contributed by atoms with Gasteiger partial charge in [-0.05, 0) is 50.7 Å².